The molecule has 0 spiro atoms. The molecule has 1 saturated heterocycles. The first-order valence-corrected chi connectivity index (χ1v) is 10.9. The molecular formula is C26H26ClN3O. The van der Waals surface area contributed by atoms with Crippen LogP contribution >= 0.6 is 11.6 Å². The molecule has 1 aromatic heterocycles. The average molecular weight is 432 g/mol. The first-order chi connectivity index (χ1) is 15.1. The molecule has 2 aromatic carbocycles. The van der Waals surface area contributed by atoms with Gasteiger partial charge in [0, 0.05) is 35.6 Å². The van der Waals surface area contributed by atoms with Gasteiger partial charge in [0.05, 0.1) is 6.04 Å². The van der Waals surface area contributed by atoms with E-state index in [1.165, 1.54) is 0 Å². The molecule has 1 aliphatic heterocycles. The van der Waals surface area contributed by atoms with Gasteiger partial charge in [-0.1, -0.05) is 72.8 Å². The minimum Gasteiger partial charge on any atom is -0.341 e. The number of nitrogens with one attached hydrogen (secondary N) is 1. The van der Waals surface area contributed by atoms with E-state index in [2.05, 4.69) is 27.8 Å². The fourth-order valence-corrected chi connectivity index (χ4v) is 4.48. The van der Waals surface area contributed by atoms with Crippen molar-refractivity contribution < 1.29 is 4.79 Å². The van der Waals surface area contributed by atoms with E-state index in [-0.39, 0.29) is 18.0 Å². The topological polar surface area (TPSA) is 45.2 Å². The normalized spacial score (nSPS) is 17.3. The Kier molecular flexibility index (Phi) is 6.80. The van der Waals surface area contributed by atoms with Crippen molar-refractivity contribution in [1.82, 2.24) is 15.2 Å². The highest BCUT2D eigenvalue weighted by Crippen LogP contribution is 2.36. The maximum atomic E-state index is 13.1. The van der Waals surface area contributed by atoms with Gasteiger partial charge in [-0.2, -0.15) is 0 Å². The lowest BCUT2D eigenvalue weighted by Gasteiger charge is -2.27. The van der Waals surface area contributed by atoms with E-state index in [4.69, 9.17) is 11.6 Å². The first-order valence-electron chi connectivity index (χ1n) is 10.6. The Hall–Kier alpha value is -2.95. The Bertz CT molecular complexity index is 999. The summed E-state index contributed by atoms with van der Waals surface area (Å²) in [4.78, 5) is 19.6. The monoisotopic (exact) mass is 431 g/mol. The quantitative estimate of drug-likeness (QED) is 0.514. The van der Waals surface area contributed by atoms with Crippen molar-refractivity contribution in [3.05, 3.63) is 113 Å². The average Bonchev–Trinajstić information content (AvgIpc) is 3.26. The summed E-state index contributed by atoms with van der Waals surface area (Å²) in [5, 5.41) is 3.93. The zero-order valence-corrected chi connectivity index (χ0v) is 18.1. The van der Waals surface area contributed by atoms with Crippen LogP contribution in [0.3, 0.4) is 0 Å². The van der Waals surface area contributed by atoms with E-state index < -0.39 is 0 Å². The van der Waals surface area contributed by atoms with Gasteiger partial charge in [-0.25, -0.2) is 0 Å². The van der Waals surface area contributed by atoms with Gasteiger partial charge in [0.2, 0.25) is 5.91 Å². The number of rotatable bonds is 7. The van der Waals surface area contributed by atoms with Crippen LogP contribution in [0, 0.1) is 0 Å². The number of carbonyl (C=O) groups excluding carboxylic acids is 1. The number of amides is 1. The second-order valence-electron chi connectivity index (χ2n) is 7.86. The van der Waals surface area contributed by atoms with E-state index in [9.17, 15) is 4.79 Å². The minimum absolute atomic E-state index is 0.150. The van der Waals surface area contributed by atoms with Crippen molar-refractivity contribution in [2.24, 2.45) is 0 Å². The predicted octanol–water partition coefficient (Wildman–Crippen LogP) is 5.33. The minimum atomic E-state index is -0.280. The Morgan fingerprint density at radius 3 is 2.58 bits per heavy atom. The van der Waals surface area contributed by atoms with Crippen molar-refractivity contribution in [3.8, 4) is 0 Å². The van der Waals surface area contributed by atoms with Crippen LogP contribution in [0.1, 0.15) is 41.6 Å². The van der Waals surface area contributed by atoms with E-state index in [1.54, 1.807) is 12.4 Å². The maximum absolute atomic E-state index is 13.1. The summed E-state index contributed by atoms with van der Waals surface area (Å²) in [6.07, 6.45) is 5.62. The van der Waals surface area contributed by atoms with Crippen LogP contribution in [-0.4, -0.2) is 28.9 Å². The number of benzene rings is 2. The van der Waals surface area contributed by atoms with Crippen LogP contribution in [0.2, 0.25) is 5.02 Å². The fraction of sp³-hybridized carbons (Fsp3) is 0.231. The van der Waals surface area contributed by atoms with Crippen LogP contribution in [-0.2, 0) is 4.79 Å². The lowest BCUT2D eigenvalue weighted by molar-refractivity contribution is -0.118. The lowest BCUT2D eigenvalue weighted by Crippen LogP contribution is -2.35. The Morgan fingerprint density at radius 1 is 1.10 bits per heavy atom. The molecule has 1 N–H and O–H groups in total. The molecule has 5 heteroatoms. The smallest absolute Gasteiger partial charge is 0.248 e. The largest absolute Gasteiger partial charge is 0.341 e. The first kappa shape index (κ1) is 21.3. The van der Waals surface area contributed by atoms with Crippen molar-refractivity contribution in [1.29, 1.82) is 0 Å². The predicted molar refractivity (Wildman–Crippen MR) is 125 cm³/mol. The van der Waals surface area contributed by atoms with Crippen LogP contribution in [0.5, 0.6) is 0 Å². The van der Waals surface area contributed by atoms with E-state index in [0.717, 1.165) is 41.1 Å². The van der Waals surface area contributed by atoms with Gasteiger partial charge in [0.15, 0.2) is 0 Å². The molecule has 0 bridgehead atoms. The number of hydrogen-bond donors (Lipinski definition) is 1. The molecule has 0 saturated carbocycles. The molecule has 2 heterocycles. The van der Waals surface area contributed by atoms with Crippen LogP contribution in [0.4, 0.5) is 0 Å². The summed E-state index contributed by atoms with van der Waals surface area (Å²) in [5.74, 6) is -0.150. The van der Waals surface area contributed by atoms with Gasteiger partial charge in [-0.15, -0.1) is 0 Å². The maximum Gasteiger partial charge on any atom is 0.248 e. The molecule has 4 rings (SSSR count). The Labute approximate surface area is 188 Å². The van der Waals surface area contributed by atoms with Crippen molar-refractivity contribution >= 4 is 17.5 Å². The SMILES string of the molecule is C=C(CN1CCCC1c1ccccc1Cl)C(=O)NC(c1ccccc1)c1cccnc1. The number of likely N-dealkylation sites (tertiary alicyclic amines) is 1. The molecule has 31 heavy (non-hydrogen) atoms. The molecule has 1 fully saturated rings. The number of halogens is 1. The molecule has 2 atom stereocenters. The second-order valence-corrected chi connectivity index (χ2v) is 8.26. The molecule has 4 nitrogen and oxygen atoms in total. The zero-order valence-electron chi connectivity index (χ0n) is 17.4. The summed E-state index contributed by atoms with van der Waals surface area (Å²) in [7, 11) is 0. The van der Waals surface area contributed by atoms with Gasteiger partial charge in [-0.3, -0.25) is 14.7 Å². The summed E-state index contributed by atoms with van der Waals surface area (Å²) in [5.41, 5.74) is 3.60. The highest BCUT2D eigenvalue weighted by molar-refractivity contribution is 6.31. The molecular weight excluding hydrogens is 406 g/mol. The number of nitrogens with zero attached hydrogens (tertiary/aromatic N) is 2. The van der Waals surface area contributed by atoms with Crippen molar-refractivity contribution in [2.45, 2.75) is 24.9 Å². The van der Waals surface area contributed by atoms with Gasteiger partial charge in [0.25, 0.3) is 0 Å². The second kappa shape index (κ2) is 9.90. The molecule has 0 aliphatic carbocycles. The molecule has 1 amide bonds. The lowest BCUT2D eigenvalue weighted by atomic mass is 9.99. The molecule has 1 aliphatic rings. The third-order valence-corrected chi connectivity index (χ3v) is 6.11. The van der Waals surface area contributed by atoms with Gasteiger partial charge in [0.1, 0.15) is 0 Å². The number of carbonyl (C=O) groups is 1. The molecule has 2 unspecified atom stereocenters. The van der Waals surface area contributed by atoms with Crippen LogP contribution < -0.4 is 5.32 Å². The summed E-state index contributed by atoms with van der Waals surface area (Å²) in [6.45, 7) is 5.54. The summed E-state index contributed by atoms with van der Waals surface area (Å²) in [6, 6.07) is 21.7. The van der Waals surface area contributed by atoms with E-state index >= 15 is 0 Å². The molecule has 0 radical (unpaired) electrons. The van der Waals surface area contributed by atoms with Gasteiger partial charge >= 0.3 is 0 Å². The van der Waals surface area contributed by atoms with Crippen molar-refractivity contribution in [2.75, 3.05) is 13.1 Å². The fourth-order valence-electron chi connectivity index (χ4n) is 4.21. The third kappa shape index (κ3) is 5.04. The van der Waals surface area contributed by atoms with E-state index in [1.807, 2.05) is 60.7 Å². The van der Waals surface area contributed by atoms with Gasteiger partial charge in [-0.05, 0) is 48.2 Å². The molecule has 3 aromatic rings. The zero-order chi connectivity index (χ0) is 21.6. The number of pyridine rings is 1. The van der Waals surface area contributed by atoms with Crippen LogP contribution in [0.25, 0.3) is 0 Å². The van der Waals surface area contributed by atoms with Crippen LogP contribution in [0.15, 0.2) is 91.3 Å². The summed E-state index contributed by atoms with van der Waals surface area (Å²) >= 11 is 6.44. The van der Waals surface area contributed by atoms with E-state index in [0.29, 0.717) is 12.1 Å². The Morgan fingerprint density at radius 2 is 1.84 bits per heavy atom. The number of hydrogen-bond acceptors (Lipinski definition) is 3. The highest BCUT2D eigenvalue weighted by atomic mass is 35.5. The Balaban J connectivity index is 1.48. The van der Waals surface area contributed by atoms with Crippen molar-refractivity contribution in [3.63, 3.8) is 0 Å². The van der Waals surface area contributed by atoms with Gasteiger partial charge < -0.3 is 5.32 Å². The number of aromatic nitrogens is 1. The standard InChI is InChI=1S/C26H26ClN3O/c1-19(18-30-16-8-14-24(30)22-12-5-6-13-23(22)27)26(31)29-25(20-9-3-2-4-10-20)21-11-7-15-28-17-21/h2-7,9-13,15,17,24-25H,1,8,14,16,18H2,(H,29,31). The highest BCUT2D eigenvalue weighted by Gasteiger charge is 2.29. The summed E-state index contributed by atoms with van der Waals surface area (Å²) < 4.78 is 0. The molecule has 158 valence electrons. The third-order valence-electron chi connectivity index (χ3n) is 5.77.